The summed E-state index contributed by atoms with van der Waals surface area (Å²) >= 11 is 0. The van der Waals surface area contributed by atoms with Crippen LogP contribution in [0.15, 0.2) is 41.3 Å². The Hall–Kier alpha value is -2.52. The van der Waals surface area contributed by atoms with E-state index in [2.05, 4.69) is 5.32 Å². The van der Waals surface area contributed by atoms with Crippen LogP contribution < -0.4 is 10.1 Å². The number of hydrogen-bond acceptors (Lipinski definition) is 4. The van der Waals surface area contributed by atoms with Crippen LogP contribution in [0.3, 0.4) is 0 Å². The molecule has 0 aliphatic carbocycles. The van der Waals surface area contributed by atoms with Gasteiger partial charge in [0.1, 0.15) is 5.75 Å². The first-order chi connectivity index (χ1) is 11.7. The van der Waals surface area contributed by atoms with E-state index in [0.29, 0.717) is 0 Å². The highest BCUT2D eigenvalue weighted by Gasteiger charge is 2.21. The van der Waals surface area contributed by atoms with E-state index in [1.54, 1.807) is 0 Å². The van der Waals surface area contributed by atoms with Crippen LogP contribution in [-0.2, 0) is 10.0 Å². The van der Waals surface area contributed by atoms with Crippen molar-refractivity contribution in [3.05, 3.63) is 53.6 Å². The molecule has 0 aliphatic rings. The smallest absolute Gasteiger partial charge is 0.258 e. The van der Waals surface area contributed by atoms with Crippen LogP contribution in [0.1, 0.15) is 10.4 Å². The van der Waals surface area contributed by atoms with Gasteiger partial charge in [-0.3, -0.25) is 4.79 Å². The predicted molar refractivity (Wildman–Crippen MR) is 88.2 cm³/mol. The van der Waals surface area contributed by atoms with E-state index >= 15 is 0 Å². The summed E-state index contributed by atoms with van der Waals surface area (Å²) in [6.07, 6.45) is 0. The summed E-state index contributed by atoms with van der Waals surface area (Å²) < 4.78 is 57.5. The molecule has 0 aromatic heterocycles. The first-order valence-electron chi connectivity index (χ1n) is 7.04. The van der Waals surface area contributed by atoms with Crippen LogP contribution in [0.2, 0.25) is 0 Å². The molecule has 6 nitrogen and oxygen atoms in total. The van der Waals surface area contributed by atoms with Crippen molar-refractivity contribution in [2.24, 2.45) is 0 Å². The normalized spacial score (nSPS) is 11.4. The van der Waals surface area contributed by atoms with Gasteiger partial charge in [-0.05, 0) is 30.3 Å². The number of hydrogen-bond donors (Lipinski definition) is 1. The second-order valence-electron chi connectivity index (χ2n) is 5.21. The van der Waals surface area contributed by atoms with Crippen molar-refractivity contribution >= 4 is 21.6 Å². The van der Waals surface area contributed by atoms with Gasteiger partial charge < -0.3 is 10.1 Å². The van der Waals surface area contributed by atoms with Gasteiger partial charge in [-0.2, -0.15) is 0 Å². The van der Waals surface area contributed by atoms with Crippen molar-refractivity contribution in [3.8, 4) is 5.75 Å². The monoisotopic (exact) mass is 370 g/mol. The van der Waals surface area contributed by atoms with E-state index in [1.165, 1.54) is 45.5 Å². The lowest BCUT2D eigenvalue weighted by molar-refractivity contribution is 0.102. The van der Waals surface area contributed by atoms with Gasteiger partial charge in [0.2, 0.25) is 10.0 Å². The number of halogens is 2. The molecule has 0 fully saturated rings. The van der Waals surface area contributed by atoms with Crippen molar-refractivity contribution in [2.45, 2.75) is 4.90 Å². The average Bonchev–Trinajstić information content (AvgIpc) is 2.56. The Morgan fingerprint density at radius 2 is 1.84 bits per heavy atom. The number of ether oxygens (including phenoxy) is 1. The maximum Gasteiger partial charge on any atom is 0.258 e. The fourth-order valence-corrected chi connectivity index (χ4v) is 2.95. The van der Waals surface area contributed by atoms with Crippen molar-refractivity contribution in [2.75, 3.05) is 26.5 Å². The number of sulfonamides is 1. The molecule has 0 radical (unpaired) electrons. The molecule has 9 heteroatoms. The Labute approximate surface area is 144 Å². The molecule has 134 valence electrons. The quantitative estimate of drug-likeness (QED) is 0.877. The molecule has 0 saturated carbocycles. The maximum absolute atomic E-state index is 13.7. The summed E-state index contributed by atoms with van der Waals surface area (Å²) in [7, 11) is 0.302. The van der Waals surface area contributed by atoms with Crippen LogP contribution in [0.5, 0.6) is 5.75 Å². The molecular formula is C16H16F2N2O4S. The Bertz CT molecular complexity index is 914. The molecule has 1 N–H and O–H groups in total. The van der Waals surface area contributed by atoms with E-state index in [0.717, 1.165) is 16.4 Å². The number of nitrogens with zero attached hydrogens (tertiary/aromatic N) is 1. The minimum atomic E-state index is -3.75. The Balaban J connectivity index is 2.44. The van der Waals surface area contributed by atoms with E-state index in [1.807, 2.05) is 0 Å². The Kier molecular flexibility index (Phi) is 5.39. The number of anilines is 1. The summed E-state index contributed by atoms with van der Waals surface area (Å²) in [5.41, 5.74) is -0.498. The van der Waals surface area contributed by atoms with Crippen molar-refractivity contribution in [3.63, 3.8) is 0 Å². The largest absolute Gasteiger partial charge is 0.495 e. The molecule has 0 unspecified atom stereocenters. The van der Waals surface area contributed by atoms with Crippen LogP contribution >= 0.6 is 0 Å². The summed E-state index contributed by atoms with van der Waals surface area (Å²) in [6, 6.07) is 7.04. The van der Waals surface area contributed by atoms with Gasteiger partial charge in [0.15, 0.2) is 11.6 Å². The van der Waals surface area contributed by atoms with Gasteiger partial charge in [0.25, 0.3) is 5.91 Å². The lowest BCUT2D eigenvalue weighted by Gasteiger charge is -2.15. The van der Waals surface area contributed by atoms with Gasteiger partial charge in [-0.15, -0.1) is 0 Å². The number of benzene rings is 2. The molecule has 0 heterocycles. The van der Waals surface area contributed by atoms with Gasteiger partial charge in [-0.25, -0.2) is 21.5 Å². The highest BCUT2D eigenvalue weighted by Crippen LogP contribution is 2.29. The molecule has 0 atom stereocenters. The molecule has 0 spiro atoms. The predicted octanol–water partition coefficient (Wildman–Crippen LogP) is 2.48. The van der Waals surface area contributed by atoms with Crippen molar-refractivity contribution in [1.29, 1.82) is 0 Å². The van der Waals surface area contributed by atoms with Gasteiger partial charge in [-0.1, -0.05) is 6.07 Å². The van der Waals surface area contributed by atoms with Crippen LogP contribution in [0, 0.1) is 11.6 Å². The molecule has 0 saturated heterocycles. The first kappa shape index (κ1) is 18.8. The second kappa shape index (κ2) is 7.16. The summed E-state index contributed by atoms with van der Waals surface area (Å²) in [5.74, 6) is -3.22. The highest BCUT2D eigenvalue weighted by molar-refractivity contribution is 7.89. The number of rotatable bonds is 5. The lowest BCUT2D eigenvalue weighted by atomic mass is 10.2. The molecule has 2 rings (SSSR count). The molecular weight excluding hydrogens is 354 g/mol. The zero-order valence-electron chi connectivity index (χ0n) is 13.7. The summed E-state index contributed by atoms with van der Waals surface area (Å²) in [6.45, 7) is 0. The molecule has 0 bridgehead atoms. The summed E-state index contributed by atoms with van der Waals surface area (Å²) in [5, 5.41) is 2.34. The van der Waals surface area contributed by atoms with Crippen molar-refractivity contribution < 1.29 is 26.7 Å². The molecule has 25 heavy (non-hydrogen) atoms. The van der Waals surface area contributed by atoms with Crippen LogP contribution in [0.4, 0.5) is 14.5 Å². The molecule has 0 aliphatic heterocycles. The minimum Gasteiger partial charge on any atom is -0.495 e. The lowest BCUT2D eigenvalue weighted by Crippen LogP contribution is -2.22. The third-order valence-electron chi connectivity index (χ3n) is 3.39. The molecule has 1 amide bonds. The van der Waals surface area contributed by atoms with Gasteiger partial charge in [0, 0.05) is 14.1 Å². The van der Waals surface area contributed by atoms with Crippen LogP contribution in [0.25, 0.3) is 0 Å². The zero-order valence-corrected chi connectivity index (χ0v) is 14.5. The van der Waals surface area contributed by atoms with Crippen molar-refractivity contribution in [1.82, 2.24) is 4.31 Å². The molecule has 2 aromatic rings. The van der Waals surface area contributed by atoms with E-state index in [9.17, 15) is 22.0 Å². The molecule has 2 aromatic carbocycles. The number of carbonyl (C=O) groups is 1. The van der Waals surface area contributed by atoms with Gasteiger partial charge in [0.05, 0.1) is 23.3 Å². The van der Waals surface area contributed by atoms with Gasteiger partial charge >= 0.3 is 0 Å². The van der Waals surface area contributed by atoms with Crippen LogP contribution in [-0.4, -0.2) is 39.8 Å². The number of methoxy groups -OCH3 is 1. The Morgan fingerprint density at radius 1 is 1.16 bits per heavy atom. The highest BCUT2D eigenvalue weighted by atomic mass is 32.2. The number of amides is 1. The maximum atomic E-state index is 13.7. The fraction of sp³-hybridized carbons (Fsp3) is 0.188. The average molecular weight is 370 g/mol. The third-order valence-corrected chi connectivity index (χ3v) is 5.21. The Morgan fingerprint density at radius 3 is 2.44 bits per heavy atom. The minimum absolute atomic E-state index is 0.0130. The first-order valence-corrected chi connectivity index (χ1v) is 8.48. The summed E-state index contributed by atoms with van der Waals surface area (Å²) in [4.78, 5) is 12.1. The zero-order chi connectivity index (χ0) is 18.8. The van der Waals surface area contributed by atoms with E-state index < -0.39 is 33.1 Å². The fourth-order valence-electron chi connectivity index (χ4n) is 2.02. The number of carbonyl (C=O) groups excluding carboxylic acids is 1. The second-order valence-corrected chi connectivity index (χ2v) is 7.36. The third kappa shape index (κ3) is 3.77. The standard InChI is InChI=1S/C16H16F2N2O4S/c1-20(2)25(22,23)10-7-8-14(24-3)13(9-10)19-16(21)11-5-4-6-12(17)15(11)18/h4-9H,1-3H3,(H,19,21). The van der Waals surface area contributed by atoms with E-state index in [4.69, 9.17) is 4.74 Å². The topological polar surface area (TPSA) is 75.7 Å². The van der Waals surface area contributed by atoms with E-state index in [-0.39, 0.29) is 16.3 Å². The SMILES string of the molecule is COc1ccc(S(=O)(=O)N(C)C)cc1NC(=O)c1cccc(F)c1F. The number of nitrogens with one attached hydrogen (secondary N) is 1.